The summed E-state index contributed by atoms with van der Waals surface area (Å²) < 4.78 is 1.88. The zero-order valence-corrected chi connectivity index (χ0v) is 12.3. The van der Waals surface area contributed by atoms with Crippen LogP contribution in [-0.2, 0) is 11.8 Å². The normalized spacial score (nSPS) is 10.5. The van der Waals surface area contributed by atoms with Crippen LogP contribution in [0.2, 0.25) is 5.02 Å². The van der Waals surface area contributed by atoms with Gasteiger partial charge in [0, 0.05) is 30.2 Å². The van der Waals surface area contributed by atoms with Crippen LogP contribution in [0.4, 0.5) is 5.69 Å². The minimum absolute atomic E-state index is 0.0760. The van der Waals surface area contributed by atoms with Crippen molar-refractivity contribution in [1.29, 1.82) is 0 Å². The number of anilines is 1. The SMILES string of the molecule is Cc1ccc(NC(=O)CSc2nccn2C)cc1Cl. The molecule has 19 heavy (non-hydrogen) atoms. The first-order valence-electron chi connectivity index (χ1n) is 5.72. The van der Waals surface area contributed by atoms with Gasteiger partial charge in [0.05, 0.1) is 5.75 Å². The van der Waals surface area contributed by atoms with Gasteiger partial charge in [0.25, 0.3) is 0 Å². The number of carbonyl (C=O) groups is 1. The molecule has 0 fully saturated rings. The van der Waals surface area contributed by atoms with Crippen LogP contribution in [0.5, 0.6) is 0 Å². The van der Waals surface area contributed by atoms with Gasteiger partial charge in [-0.2, -0.15) is 0 Å². The predicted molar refractivity (Wildman–Crippen MR) is 78.8 cm³/mol. The number of thioether (sulfide) groups is 1. The van der Waals surface area contributed by atoms with Crippen LogP contribution in [0.1, 0.15) is 5.56 Å². The number of imidazole rings is 1. The van der Waals surface area contributed by atoms with E-state index in [0.29, 0.717) is 16.5 Å². The highest BCUT2D eigenvalue weighted by atomic mass is 35.5. The first kappa shape index (κ1) is 14.0. The number of aromatic nitrogens is 2. The lowest BCUT2D eigenvalue weighted by Crippen LogP contribution is -2.14. The highest BCUT2D eigenvalue weighted by Crippen LogP contribution is 2.20. The summed E-state index contributed by atoms with van der Waals surface area (Å²) in [6.07, 6.45) is 3.56. The van der Waals surface area contributed by atoms with E-state index in [1.54, 1.807) is 12.3 Å². The van der Waals surface area contributed by atoms with E-state index in [4.69, 9.17) is 11.6 Å². The molecule has 100 valence electrons. The molecule has 0 aliphatic carbocycles. The van der Waals surface area contributed by atoms with Crippen molar-refractivity contribution in [2.24, 2.45) is 7.05 Å². The van der Waals surface area contributed by atoms with E-state index < -0.39 is 0 Å². The Bertz CT molecular complexity index is 597. The number of amides is 1. The number of nitrogens with zero attached hydrogens (tertiary/aromatic N) is 2. The molecule has 0 unspecified atom stereocenters. The number of nitrogens with one attached hydrogen (secondary N) is 1. The number of rotatable bonds is 4. The molecule has 0 saturated heterocycles. The summed E-state index contributed by atoms with van der Waals surface area (Å²) in [4.78, 5) is 15.9. The molecule has 1 N–H and O–H groups in total. The highest BCUT2D eigenvalue weighted by molar-refractivity contribution is 7.99. The van der Waals surface area contributed by atoms with Crippen molar-refractivity contribution in [3.63, 3.8) is 0 Å². The first-order chi connectivity index (χ1) is 9.06. The van der Waals surface area contributed by atoms with Gasteiger partial charge in [-0.3, -0.25) is 4.79 Å². The number of carbonyl (C=O) groups excluding carboxylic acids is 1. The largest absolute Gasteiger partial charge is 0.329 e. The van der Waals surface area contributed by atoms with Crippen molar-refractivity contribution in [2.75, 3.05) is 11.1 Å². The Balaban J connectivity index is 1.91. The van der Waals surface area contributed by atoms with Gasteiger partial charge in [-0.05, 0) is 24.6 Å². The van der Waals surface area contributed by atoms with Crippen molar-refractivity contribution in [1.82, 2.24) is 9.55 Å². The van der Waals surface area contributed by atoms with E-state index in [1.165, 1.54) is 11.8 Å². The standard InChI is InChI=1S/C13H14ClN3OS/c1-9-3-4-10(7-11(9)14)16-12(18)8-19-13-15-5-6-17(13)2/h3-7H,8H2,1-2H3,(H,16,18). The number of aryl methyl sites for hydroxylation is 2. The molecule has 1 aromatic heterocycles. The van der Waals surface area contributed by atoms with Gasteiger partial charge in [-0.1, -0.05) is 29.4 Å². The fourth-order valence-electron chi connectivity index (χ4n) is 1.49. The summed E-state index contributed by atoms with van der Waals surface area (Å²) in [5, 5.41) is 4.28. The third-order valence-electron chi connectivity index (χ3n) is 2.56. The fraction of sp³-hybridized carbons (Fsp3) is 0.231. The summed E-state index contributed by atoms with van der Waals surface area (Å²) in [7, 11) is 1.90. The zero-order chi connectivity index (χ0) is 13.8. The average Bonchev–Trinajstić information content (AvgIpc) is 2.77. The summed E-state index contributed by atoms with van der Waals surface area (Å²) >= 11 is 7.40. The maximum atomic E-state index is 11.8. The second-order valence-corrected chi connectivity index (χ2v) is 5.47. The third-order valence-corrected chi connectivity index (χ3v) is 4.03. The van der Waals surface area contributed by atoms with Crippen LogP contribution < -0.4 is 5.32 Å². The van der Waals surface area contributed by atoms with Crippen LogP contribution in [-0.4, -0.2) is 21.2 Å². The first-order valence-corrected chi connectivity index (χ1v) is 7.09. The molecular formula is C13H14ClN3OS. The zero-order valence-electron chi connectivity index (χ0n) is 10.7. The van der Waals surface area contributed by atoms with Gasteiger partial charge in [-0.25, -0.2) is 4.98 Å². The molecule has 0 aliphatic rings. The number of benzene rings is 1. The Morgan fingerprint density at radius 3 is 2.95 bits per heavy atom. The summed E-state index contributed by atoms with van der Waals surface area (Å²) in [5.74, 6) is 0.240. The molecule has 1 aromatic carbocycles. The predicted octanol–water partition coefficient (Wildman–Crippen LogP) is 3.11. The van der Waals surface area contributed by atoms with E-state index in [1.807, 2.05) is 36.9 Å². The minimum atomic E-state index is -0.0760. The Hall–Kier alpha value is -1.46. The van der Waals surface area contributed by atoms with Gasteiger partial charge in [0.1, 0.15) is 0 Å². The van der Waals surface area contributed by atoms with Crippen molar-refractivity contribution in [3.05, 3.63) is 41.2 Å². The Morgan fingerprint density at radius 1 is 1.53 bits per heavy atom. The Labute approximate surface area is 121 Å². The smallest absolute Gasteiger partial charge is 0.234 e. The summed E-state index contributed by atoms with van der Waals surface area (Å²) in [5.41, 5.74) is 1.70. The van der Waals surface area contributed by atoms with E-state index in [-0.39, 0.29) is 5.91 Å². The third kappa shape index (κ3) is 3.75. The van der Waals surface area contributed by atoms with Crippen molar-refractivity contribution < 1.29 is 4.79 Å². The lowest BCUT2D eigenvalue weighted by molar-refractivity contribution is -0.113. The topological polar surface area (TPSA) is 46.9 Å². The molecule has 2 aromatic rings. The Morgan fingerprint density at radius 2 is 2.32 bits per heavy atom. The van der Waals surface area contributed by atoms with Gasteiger partial charge in [0.2, 0.25) is 5.91 Å². The van der Waals surface area contributed by atoms with E-state index in [0.717, 1.165) is 10.7 Å². The molecule has 0 atom stereocenters. The maximum absolute atomic E-state index is 11.8. The van der Waals surface area contributed by atoms with Crippen LogP contribution in [0.15, 0.2) is 35.7 Å². The van der Waals surface area contributed by atoms with Gasteiger partial charge >= 0.3 is 0 Å². The quantitative estimate of drug-likeness (QED) is 0.882. The molecule has 0 saturated carbocycles. The summed E-state index contributed by atoms with van der Waals surface area (Å²) in [6, 6.07) is 5.47. The van der Waals surface area contributed by atoms with Gasteiger partial charge in [-0.15, -0.1) is 0 Å². The van der Waals surface area contributed by atoms with E-state index >= 15 is 0 Å². The lowest BCUT2D eigenvalue weighted by atomic mass is 10.2. The molecule has 6 heteroatoms. The average molecular weight is 296 g/mol. The van der Waals surface area contributed by atoms with Crippen LogP contribution >= 0.6 is 23.4 Å². The van der Waals surface area contributed by atoms with E-state index in [2.05, 4.69) is 10.3 Å². The van der Waals surface area contributed by atoms with Crippen LogP contribution in [0, 0.1) is 6.92 Å². The molecule has 0 aliphatic heterocycles. The monoisotopic (exact) mass is 295 g/mol. The number of hydrogen-bond donors (Lipinski definition) is 1. The lowest BCUT2D eigenvalue weighted by Gasteiger charge is -2.06. The fourth-order valence-corrected chi connectivity index (χ4v) is 2.40. The van der Waals surface area contributed by atoms with Crippen LogP contribution in [0.3, 0.4) is 0 Å². The minimum Gasteiger partial charge on any atom is -0.329 e. The number of hydrogen-bond acceptors (Lipinski definition) is 3. The summed E-state index contributed by atoms with van der Waals surface area (Å²) in [6.45, 7) is 1.92. The van der Waals surface area contributed by atoms with Crippen LogP contribution in [0.25, 0.3) is 0 Å². The second kappa shape index (κ2) is 6.12. The van der Waals surface area contributed by atoms with Crippen molar-refractivity contribution >= 4 is 35.0 Å². The molecular weight excluding hydrogens is 282 g/mol. The van der Waals surface area contributed by atoms with Gasteiger partial charge < -0.3 is 9.88 Å². The molecule has 4 nitrogen and oxygen atoms in total. The highest BCUT2D eigenvalue weighted by Gasteiger charge is 2.07. The number of halogens is 1. The molecule has 1 amide bonds. The maximum Gasteiger partial charge on any atom is 0.234 e. The molecule has 0 radical (unpaired) electrons. The second-order valence-electron chi connectivity index (χ2n) is 4.12. The molecule has 1 heterocycles. The van der Waals surface area contributed by atoms with Crippen molar-refractivity contribution in [2.45, 2.75) is 12.1 Å². The van der Waals surface area contributed by atoms with Crippen molar-refractivity contribution in [3.8, 4) is 0 Å². The Kier molecular flexibility index (Phi) is 4.50. The molecule has 0 spiro atoms. The van der Waals surface area contributed by atoms with E-state index in [9.17, 15) is 4.79 Å². The van der Waals surface area contributed by atoms with Gasteiger partial charge in [0.15, 0.2) is 5.16 Å². The molecule has 2 rings (SSSR count). The molecule has 0 bridgehead atoms.